The van der Waals surface area contributed by atoms with Gasteiger partial charge < -0.3 is 9.88 Å². The number of para-hydroxylation sites is 1. The van der Waals surface area contributed by atoms with Gasteiger partial charge in [-0.25, -0.2) is 9.67 Å². The minimum Gasteiger partial charge on any atom is -0.346 e. The fourth-order valence-electron chi connectivity index (χ4n) is 3.15. The van der Waals surface area contributed by atoms with Crippen molar-refractivity contribution in [2.75, 3.05) is 5.32 Å². The number of hydrogen-bond acceptors (Lipinski definition) is 4. The van der Waals surface area contributed by atoms with Crippen LogP contribution in [0, 0.1) is 11.3 Å². The maximum absolute atomic E-state index is 12.3. The van der Waals surface area contributed by atoms with Crippen LogP contribution in [0.2, 0.25) is 0 Å². The summed E-state index contributed by atoms with van der Waals surface area (Å²) in [7, 11) is 0. The normalized spacial score (nSPS) is 11.0. The largest absolute Gasteiger partial charge is 0.346 e. The number of carbonyl (C=O) groups is 1. The molecule has 1 N–H and O–H groups in total. The van der Waals surface area contributed by atoms with E-state index in [1.807, 2.05) is 59.3 Å². The molecule has 7 nitrogen and oxygen atoms in total. The highest BCUT2D eigenvalue weighted by molar-refractivity contribution is 6.03. The number of rotatable bonds is 6. The maximum Gasteiger partial charge on any atom is 0.248 e. The third-order valence-corrected chi connectivity index (χ3v) is 4.52. The third-order valence-electron chi connectivity index (χ3n) is 4.52. The van der Waals surface area contributed by atoms with Gasteiger partial charge in [0.15, 0.2) is 0 Å². The van der Waals surface area contributed by atoms with Crippen molar-refractivity contribution in [2.45, 2.75) is 13.0 Å². The Morgan fingerprint density at radius 1 is 1.17 bits per heavy atom. The lowest BCUT2D eigenvalue weighted by Crippen LogP contribution is -2.07. The first-order valence-electron chi connectivity index (χ1n) is 9.13. The van der Waals surface area contributed by atoms with Crippen LogP contribution in [-0.2, 0) is 11.3 Å². The Labute approximate surface area is 167 Å². The zero-order valence-corrected chi connectivity index (χ0v) is 15.6. The molecule has 7 heteroatoms. The lowest BCUT2D eigenvalue weighted by molar-refractivity contribution is -0.111. The number of carbonyl (C=O) groups excluding carboxylic acids is 1. The van der Waals surface area contributed by atoms with Crippen LogP contribution in [0.3, 0.4) is 0 Å². The molecule has 0 saturated carbocycles. The summed E-state index contributed by atoms with van der Waals surface area (Å²) in [6.07, 6.45) is 8.80. The van der Waals surface area contributed by atoms with E-state index in [9.17, 15) is 4.79 Å². The van der Waals surface area contributed by atoms with Crippen LogP contribution in [0.25, 0.3) is 22.7 Å². The highest BCUT2D eigenvalue weighted by Gasteiger charge is 2.06. The first-order chi connectivity index (χ1) is 14.2. The molecule has 4 rings (SSSR count). The molecule has 0 aliphatic carbocycles. The maximum atomic E-state index is 12.3. The molecule has 2 aromatic carbocycles. The number of benzene rings is 2. The van der Waals surface area contributed by atoms with E-state index in [4.69, 9.17) is 5.26 Å². The summed E-state index contributed by atoms with van der Waals surface area (Å²) in [5.41, 5.74) is 3.54. The fraction of sp³-hybridized carbons (Fsp3) is 0.0909. The lowest BCUT2D eigenvalue weighted by atomic mass is 10.1. The summed E-state index contributed by atoms with van der Waals surface area (Å²) in [6.45, 7) is 0.620. The van der Waals surface area contributed by atoms with Gasteiger partial charge in [-0.15, -0.1) is 0 Å². The molecule has 0 spiro atoms. The van der Waals surface area contributed by atoms with E-state index in [0.717, 1.165) is 22.2 Å². The first-order valence-corrected chi connectivity index (χ1v) is 9.13. The van der Waals surface area contributed by atoms with Crippen LogP contribution in [0.1, 0.15) is 12.0 Å². The molecule has 0 aliphatic rings. The van der Waals surface area contributed by atoms with Gasteiger partial charge >= 0.3 is 0 Å². The third kappa shape index (κ3) is 4.06. The number of fused-ring (bicyclic) bond motifs is 1. The van der Waals surface area contributed by atoms with Crippen LogP contribution in [0.15, 0.2) is 73.5 Å². The minimum atomic E-state index is -0.215. The number of nitriles is 1. The van der Waals surface area contributed by atoms with Crippen molar-refractivity contribution < 1.29 is 4.79 Å². The highest BCUT2D eigenvalue weighted by atomic mass is 16.1. The summed E-state index contributed by atoms with van der Waals surface area (Å²) in [6, 6.07) is 17.5. The zero-order valence-electron chi connectivity index (χ0n) is 15.6. The van der Waals surface area contributed by atoms with E-state index in [1.54, 1.807) is 17.1 Å². The van der Waals surface area contributed by atoms with Crippen molar-refractivity contribution in [1.29, 1.82) is 5.26 Å². The molecule has 0 aliphatic heterocycles. The van der Waals surface area contributed by atoms with Gasteiger partial charge in [0, 0.05) is 41.0 Å². The topological polar surface area (TPSA) is 88.5 Å². The molecule has 0 radical (unpaired) electrons. The van der Waals surface area contributed by atoms with Crippen LogP contribution in [0.5, 0.6) is 0 Å². The van der Waals surface area contributed by atoms with Gasteiger partial charge in [0.05, 0.1) is 18.2 Å². The monoisotopic (exact) mass is 382 g/mol. The van der Waals surface area contributed by atoms with Crippen LogP contribution >= 0.6 is 0 Å². The molecule has 0 saturated heterocycles. The Hall–Kier alpha value is -4.18. The van der Waals surface area contributed by atoms with Gasteiger partial charge in [-0.3, -0.25) is 4.79 Å². The second-order valence-electron chi connectivity index (χ2n) is 6.41. The van der Waals surface area contributed by atoms with E-state index >= 15 is 0 Å². The van der Waals surface area contributed by atoms with Crippen LogP contribution < -0.4 is 5.32 Å². The van der Waals surface area contributed by atoms with Crippen LogP contribution in [-0.4, -0.2) is 25.2 Å². The van der Waals surface area contributed by atoms with Crippen molar-refractivity contribution in [2.24, 2.45) is 0 Å². The van der Waals surface area contributed by atoms with E-state index in [1.165, 1.54) is 12.4 Å². The first kappa shape index (κ1) is 18.2. The Bertz CT molecular complexity index is 1200. The number of hydrogen-bond donors (Lipinski definition) is 1. The highest BCUT2D eigenvalue weighted by Crippen LogP contribution is 2.23. The molecule has 1 amide bonds. The van der Waals surface area contributed by atoms with Gasteiger partial charge in [-0.1, -0.05) is 18.2 Å². The van der Waals surface area contributed by atoms with Gasteiger partial charge in [-0.2, -0.15) is 10.4 Å². The predicted molar refractivity (Wildman–Crippen MR) is 111 cm³/mol. The molecule has 142 valence electrons. The molecule has 29 heavy (non-hydrogen) atoms. The predicted octanol–water partition coefficient (Wildman–Crippen LogP) is 3.79. The molecule has 0 fully saturated rings. The number of nitrogens with zero attached hydrogens (tertiary/aromatic N) is 5. The standard InChI is InChI=1S/C22H18N6O/c23-12-3-13-27-14-17(20-4-1-2-5-21(20)27)6-11-22(29)26-18-7-9-19(10-8-18)28-16-24-15-25-28/h1-2,4-11,14-16H,3,13H2,(H,26,29)/b11-6+. The summed E-state index contributed by atoms with van der Waals surface area (Å²) < 4.78 is 3.69. The molecule has 2 heterocycles. The van der Waals surface area contributed by atoms with Crippen molar-refractivity contribution >= 4 is 28.6 Å². The summed E-state index contributed by atoms with van der Waals surface area (Å²) in [5.74, 6) is -0.215. The zero-order chi connectivity index (χ0) is 20.1. The molecule has 4 aromatic rings. The number of aromatic nitrogens is 4. The molecule has 0 unspecified atom stereocenters. The van der Waals surface area contributed by atoms with Gasteiger partial charge in [0.25, 0.3) is 0 Å². The van der Waals surface area contributed by atoms with Gasteiger partial charge in [-0.05, 0) is 36.4 Å². The van der Waals surface area contributed by atoms with E-state index < -0.39 is 0 Å². The Kier molecular flexibility index (Phi) is 5.16. The number of nitrogens with one attached hydrogen (secondary N) is 1. The molecule has 0 atom stereocenters. The van der Waals surface area contributed by atoms with Crippen LogP contribution in [0.4, 0.5) is 5.69 Å². The second-order valence-corrected chi connectivity index (χ2v) is 6.41. The Morgan fingerprint density at radius 2 is 2.00 bits per heavy atom. The number of aryl methyl sites for hydroxylation is 1. The quantitative estimate of drug-likeness (QED) is 0.514. The van der Waals surface area contributed by atoms with Gasteiger partial charge in [0.1, 0.15) is 12.7 Å². The van der Waals surface area contributed by atoms with Crippen molar-refractivity contribution in [3.05, 3.63) is 79.0 Å². The van der Waals surface area contributed by atoms with Gasteiger partial charge in [0.2, 0.25) is 5.91 Å². The molecular formula is C22H18N6O. The smallest absolute Gasteiger partial charge is 0.248 e. The molecule has 0 bridgehead atoms. The van der Waals surface area contributed by atoms with E-state index in [2.05, 4.69) is 21.5 Å². The van der Waals surface area contributed by atoms with E-state index in [0.29, 0.717) is 18.7 Å². The minimum absolute atomic E-state index is 0.215. The lowest BCUT2D eigenvalue weighted by Gasteiger charge is -2.04. The van der Waals surface area contributed by atoms with Crippen molar-refractivity contribution in [3.8, 4) is 11.8 Å². The Morgan fingerprint density at radius 3 is 2.76 bits per heavy atom. The van der Waals surface area contributed by atoms with E-state index in [-0.39, 0.29) is 5.91 Å². The molecular weight excluding hydrogens is 364 g/mol. The average Bonchev–Trinajstić information content (AvgIpc) is 3.40. The average molecular weight is 382 g/mol. The molecule has 2 aromatic heterocycles. The summed E-state index contributed by atoms with van der Waals surface area (Å²) >= 11 is 0. The number of amides is 1. The fourth-order valence-corrected chi connectivity index (χ4v) is 3.15. The van der Waals surface area contributed by atoms with Crippen molar-refractivity contribution in [1.82, 2.24) is 19.3 Å². The number of anilines is 1. The van der Waals surface area contributed by atoms with Crippen molar-refractivity contribution in [3.63, 3.8) is 0 Å². The Balaban J connectivity index is 1.48. The summed E-state index contributed by atoms with van der Waals surface area (Å²) in [4.78, 5) is 16.3. The summed E-state index contributed by atoms with van der Waals surface area (Å²) in [5, 5.41) is 16.8. The second kappa shape index (κ2) is 8.23. The SMILES string of the molecule is N#CCCn1cc(/C=C/C(=O)Nc2ccc(-n3cncn3)cc2)c2ccccc21.